The third kappa shape index (κ3) is 5.43. The van der Waals surface area contributed by atoms with Gasteiger partial charge in [-0.05, 0) is 49.2 Å². The molecule has 3 amide bonds. The Bertz CT molecular complexity index is 1250. The first-order chi connectivity index (χ1) is 16.0. The van der Waals surface area contributed by atoms with Gasteiger partial charge in [0.05, 0.1) is 0 Å². The number of H-pyrrole nitrogens is 1. The Morgan fingerprint density at radius 1 is 0.879 bits per heavy atom. The first-order valence-electron chi connectivity index (χ1n) is 10.5. The fraction of sp³-hybridized carbons (Fsp3) is 0.120. The molecule has 1 unspecified atom stereocenters. The van der Waals surface area contributed by atoms with Crippen molar-refractivity contribution in [3.63, 3.8) is 0 Å². The number of benzene rings is 3. The van der Waals surface area contributed by atoms with E-state index in [1.165, 1.54) is 0 Å². The molecule has 166 valence electrons. The van der Waals surface area contributed by atoms with E-state index in [9.17, 15) is 9.59 Å². The van der Waals surface area contributed by atoms with Gasteiger partial charge in [-0.3, -0.25) is 9.89 Å². The van der Waals surface area contributed by atoms with Crippen LogP contribution in [0.3, 0.4) is 0 Å². The zero-order chi connectivity index (χ0) is 23.2. The summed E-state index contributed by atoms with van der Waals surface area (Å²) in [5, 5.41) is 15.7. The molecular weight excluding hydrogens is 416 g/mol. The molecule has 0 aliphatic rings. The number of hydrogen-bond donors (Lipinski definition) is 4. The van der Waals surface area contributed by atoms with E-state index in [1.54, 1.807) is 25.1 Å². The fourth-order valence-electron chi connectivity index (χ4n) is 3.34. The van der Waals surface area contributed by atoms with E-state index >= 15 is 0 Å². The van der Waals surface area contributed by atoms with Crippen LogP contribution >= 0.6 is 0 Å². The number of nitrogens with one attached hydrogen (secondary N) is 4. The second-order valence-electron chi connectivity index (χ2n) is 7.57. The molecule has 0 aliphatic heterocycles. The summed E-state index contributed by atoms with van der Waals surface area (Å²) >= 11 is 0. The summed E-state index contributed by atoms with van der Waals surface area (Å²) in [4.78, 5) is 29.9. The maximum atomic E-state index is 12.9. The van der Waals surface area contributed by atoms with Gasteiger partial charge in [0.25, 0.3) is 5.91 Å². The van der Waals surface area contributed by atoms with Crippen LogP contribution in [-0.4, -0.2) is 27.1 Å². The summed E-state index contributed by atoms with van der Waals surface area (Å²) in [6.45, 7) is 3.66. The highest BCUT2D eigenvalue weighted by Crippen LogP contribution is 2.21. The predicted octanol–water partition coefficient (Wildman–Crippen LogP) is 4.58. The Morgan fingerprint density at radius 3 is 2.24 bits per heavy atom. The van der Waals surface area contributed by atoms with Crippen molar-refractivity contribution >= 4 is 23.3 Å². The fourth-order valence-corrected chi connectivity index (χ4v) is 3.34. The van der Waals surface area contributed by atoms with E-state index in [2.05, 4.69) is 31.1 Å². The monoisotopic (exact) mass is 440 g/mol. The van der Waals surface area contributed by atoms with Gasteiger partial charge in [0.1, 0.15) is 11.9 Å². The van der Waals surface area contributed by atoms with Crippen molar-refractivity contribution in [2.45, 2.75) is 19.9 Å². The van der Waals surface area contributed by atoms with Crippen molar-refractivity contribution < 1.29 is 9.59 Å². The van der Waals surface area contributed by atoms with Crippen LogP contribution in [0.15, 0.2) is 78.9 Å². The molecule has 8 nitrogen and oxygen atoms in total. The Hall–Kier alpha value is -4.46. The number of aromatic amines is 1. The smallest absolute Gasteiger partial charge is 0.320 e. The zero-order valence-electron chi connectivity index (χ0n) is 18.3. The van der Waals surface area contributed by atoms with Gasteiger partial charge in [0, 0.05) is 16.9 Å². The summed E-state index contributed by atoms with van der Waals surface area (Å²) in [7, 11) is 0. The zero-order valence-corrected chi connectivity index (χ0v) is 18.3. The standard InChI is InChI=1S/C25H24N6O2/c1-16-13-14-19(24(32)27-20-11-7-4-8-12-20)15-21(16)28-25(33)29-22(18-9-5-3-6-10-18)23-26-17(2)30-31-23/h3-15,22H,1-2H3,(H,27,32)(H,26,30,31)(H2,28,29,33). The van der Waals surface area contributed by atoms with E-state index in [-0.39, 0.29) is 5.91 Å². The van der Waals surface area contributed by atoms with Crippen LogP contribution in [0, 0.1) is 13.8 Å². The molecule has 0 radical (unpaired) electrons. The van der Waals surface area contributed by atoms with Crippen LogP contribution in [0.4, 0.5) is 16.2 Å². The Labute approximate surface area is 191 Å². The quantitative estimate of drug-likeness (QED) is 0.351. The number of amides is 3. The van der Waals surface area contributed by atoms with Crippen LogP contribution in [-0.2, 0) is 0 Å². The van der Waals surface area contributed by atoms with Crippen LogP contribution in [0.25, 0.3) is 0 Å². The van der Waals surface area contributed by atoms with Gasteiger partial charge >= 0.3 is 6.03 Å². The normalized spacial score (nSPS) is 11.5. The molecule has 8 heteroatoms. The average molecular weight is 441 g/mol. The minimum Gasteiger partial charge on any atom is -0.324 e. The largest absolute Gasteiger partial charge is 0.324 e. The average Bonchev–Trinajstić information content (AvgIpc) is 3.26. The molecule has 0 aliphatic carbocycles. The molecule has 1 atom stereocenters. The van der Waals surface area contributed by atoms with Crippen molar-refractivity contribution in [1.82, 2.24) is 20.5 Å². The van der Waals surface area contributed by atoms with Crippen LogP contribution in [0.1, 0.15) is 39.2 Å². The molecule has 0 bridgehead atoms. The summed E-state index contributed by atoms with van der Waals surface area (Å²) in [6.07, 6.45) is 0. The van der Waals surface area contributed by atoms with E-state index in [0.717, 1.165) is 11.1 Å². The summed E-state index contributed by atoms with van der Waals surface area (Å²) in [5.74, 6) is 0.852. The molecule has 0 fully saturated rings. The lowest BCUT2D eigenvalue weighted by Gasteiger charge is -2.18. The van der Waals surface area contributed by atoms with Crippen molar-refractivity contribution in [2.75, 3.05) is 10.6 Å². The maximum absolute atomic E-state index is 12.9. The lowest BCUT2D eigenvalue weighted by molar-refractivity contribution is 0.102. The van der Waals surface area contributed by atoms with Gasteiger partial charge in [-0.15, -0.1) is 0 Å². The highest BCUT2D eigenvalue weighted by Gasteiger charge is 2.21. The van der Waals surface area contributed by atoms with Gasteiger partial charge in [-0.1, -0.05) is 54.6 Å². The van der Waals surface area contributed by atoms with Crippen LogP contribution in [0.2, 0.25) is 0 Å². The predicted molar refractivity (Wildman–Crippen MR) is 127 cm³/mol. The number of aromatic nitrogens is 3. The Balaban J connectivity index is 1.51. The van der Waals surface area contributed by atoms with Crippen LogP contribution in [0.5, 0.6) is 0 Å². The van der Waals surface area contributed by atoms with Crippen LogP contribution < -0.4 is 16.0 Å². The SMILES string of the molecule is Cc1nc(C(NC(=O)Nc2cc(C(=O)Nc3ccccc3)ccc2C)c2ccccc2)n[nH]1. The first-order valence-corrected chi connectivity index (χ1v) is 10.5. The summed E-state index contributed by atoms with van der Waals surface area (Å²) < 4.78 is 0. The summed E-state index contributed by atoms with van der Waals surface area (Å²) in [5.41, 5.74) is 3.34. The second kappa shape index (κ2) is 9.78. The number of carbonyl (C=O) groups is 2. The van der Waals surface area contributed by atoms with Gasteiger partial charge in [0.15, 0.2) is 5.82 Å². The third-order valence-corrected chi connectivity index (χ3v) is 5.06. The van der Waals surface area contributed by atoms with Crippen molar-refractivity contribution in [1.29, 1.82) is 0 Å². The van der Waals surface area contributed by atoms with Gasteiger partial charge < -0.3 is 16.0 Å². The molecule has 1 aromatic heterocycles. The molecule has 0 saturated carbocycles. The number of anilines is 2. The number of hydrogen-bond acceptors (Lipinski definition) is 4. The molecule has 33 heavy (non-hydrogen) atoms. The van der Waals surface area contributed by atoms with Crippen molar-refractivity contribution in [3.05, 3.63) is 107 Å². The first kappa shape index (κ1) is 21.8. The van der Waals surface area contributed by atoms with Crippen molar-refractivity contribution in [3.8, 4) is 0 Å². The second-order valence-corrected chi connectivity index (χ2v) is 7.57. The highest BCUT2D eigenvalue weighted by atomic mass is 16.2. The highest BCUT2D eigenvalue weighted by molar-refractivity contribution is 6.05. The number of rotatable bonds is 6. The number of urea groups is 1. The maximum Gasteiger partial charge on any atom is 0.320 e. The van der Waals surface area contributed by atoms with E-state index in [4.69, 9.17) is 0 Å². The molecule has 4 N–H and O–H groups in total. The molecular formula is C25H24N6O2. The molecule has 3 aromatic carbocycles. The molecule has 4 aromatic rings. The number of aryl methyl sites for hydroxylation is 2. The lowest BCUT2D eigenvalue weighted by atomic mass is 10.1. The molecule has 4 rings (SSSR count). The van der Waals surface area contributed by atoms with Gasteiger partial charge in [0.2, 0.25) is 0 Å². The third-order valence-electron chi connectivity index (χ3n) is 5.06. The molecule has 1 heterocycles. The van der Waals surface area contributed by atoms with Crippen molar-refractivity contribution in [2.24, 2.45) is 0 Å². The topological polar surface area (TPSA) is 112 Å². The minimum atomic E-state index is -0.541. The Kier molecular flexibility index (Phi) is 6.45. The van der Waals surface area contributed by atoms with E-state index in [0.29, 0.717) is 28.6 Å². The number of nitrogens with zero attached hydrogens (tertiary/aromatic N) is 2. The minimum absolute atomic E-state index is 0.261. The number of carbonyl (C=O) groups excluding carboxylic acids is 2. The van der Waals surface area contributed by atoms with Gasteiger partial charge in [-0.2, -0.15) is 5.10 Å². The number of para-hydroxylation sites is 1. The lowest BCUT2D eigenvalue weighted by Crippen LogP contribution is -2.34. The van der Waals surface area contributed by atoms with E-state index in [1.807, 2.05) is 67.6 Å². The molecule has 0 spiro atoms. The van der Waals surface area contributed by atoms with E-state index < -0.39 is 12.1 Å². The Morgan fingerprint density at radius 2 is 1.58 bits per heavy atom. The summed E-state index contributed by atoms with van der Waals surface area (Å²) in [6, 6.07) is 22.9. The van der Waals surface area contributed by atoms with Gasteiger partial charge in [-0.25, -0.2) is 9.78 Å². The molecule has 0 saturated heterocycles.